The van der Waals surface area contributed by atoms with Gasteiger partial charge in [0.1, 0.15) is 5.54 Å². The number of carbonyl (C=O) groups excluding carboxylic acids is 2. The number of hydrogen-bond donors (Lipinski definition) is 1. The average Bonchev–Trinajstić information content (AvgIpc) is 3.54. The lowest BCUT2D eigenvalue weighted by Crippen LogP contribution is -2.52. The zero-order chi connectivity index (χ0) is 21.2. The van der Waals surface area contributed by atoms with Gasteiger partial charge in [0.15, 0.2) is 5.78 Å². The molecule has 2 fully saturated rings. The molecule has 0 saturated carbocycles. The lowest BCUT2D eigenvalue weighted by atomic mass is 9.70. The molecular weight excluding hydrogens is 448 g/mol. The highest BCUT2D eigenvalue weighted by molar-refractivity contribution is 7.99. The fourth-order valence-corrected chi connectivity index (χ4v) is 7.82. The van der Waals surface area contributed by atoms with E-state index >= 15 is 0 Å². The number of rotatable bonds is 3. The molecule has 3 aliphatic heterocycles. The van der Waals surface area contributed by atoms with Crippen molar-refractivity contribution in [2.75, 3.05) is 16.9 Å². The summed E-state index contributed by atoms with van der Waals surface area (Å²) in [5.41, 5.74) is 1.78. The van der Waals surface area contributed by atoms with E-state index in [-0.39, 0.29) is 23.7 Å². The van der Waals surface area contributed by atoms with Crippen LogP contribution in [-0.2, 0) is 10.3 Å². The molecule has 3 aromatic rings. The molecular formula is C24H19ClN2O2S2. The van der Waals surface area contributed by atoms with E-state index in [1.165, 1.54) is 11.3 Å². The molecule has 1 N–H and O–H groups in total. The van der Waals surface area contributed by atoms with E-state index in [1.807, 2.05) is 77.8 Å². The highest BCUT2D eigenvalue weighted by Gasteiger charge is 2.69. The second kappa shape index (κ2) is 7.20. The molecule has 0 radical (unpaired) electrons. The smallest absolute Gasteiger partial charge is 0.250 e. The Morgan fingerprint density at radius 2 is 1.90 bits per heavy atom. The SMILES string of the molecule is O=C(c1cccs1)[C@@H]1[C@@H](c2ccc(Cl)cc2)[C@@H]2CSCN2[C@@]12C(=O)Nc1ccccc12. The number of thioether (sulfide) groups is 1. The van der Waals surface area contributed by atoms with Gasteiger partial charge < -0.3 is 5.32 Å². The Labute approximate surface area is 193 Å². The number of nitrogens with one attached hydrogen (secondary N) is 1. The van der Waals surface area contributed by atoms with Crippen molar-refractivity contribution >= 4 is 52.1 Å². The Kier molecular flexibility index (Phi) is 4.54. The van der Waals surface area contributed by atoms with Crippen LogP contribution in [0.2, 0.25) is 5.02 Å². The van der Waals surface area contributed by atoms with Crippen LogP contribution in [0.15, 0.2) is 66.0 Å². The van der Waals surface area contributed by atoms with Crippen molar-refractivity contribution in [1.82, 2.24) is 4.90 Å². The van der Waals surface area contributed by atoms with E-state index in [2.05, 4.69) is 10.2 Å². The predicted molar refractivity (Wildman–Crippen MR) is 126 cm³/mol. The first-order valence-corrected chi connectivity index (χ1v) is 12.6. The van der Waals surface area contributed by atoms with Crippen molar-refractivity contribution in [2.45, 2.75) is 17.5 Å². The third-order valence-electron chi connectivity index (χ3n) is 6.83. The number of amides is 1. The van der Waals surface area contributed by atoms with Gasteiger partial charge in [-0.1, -0.05) is 48.0 Å². The second-order valence-corrected chi connectivity index (χ2v) is 10.6. The van der Waals surface area contributed by atoms with E-state index in [1.54, 1.807) is 0 Å². The van der Waals surface area contributed by atoms with Crippen molar-refractivity contribution in [3.63, 3.8) is 0 Å². The predicted octanol–water partition coefficient (Wildman–Crippen LogP) is 5.22. The molecule has 2 saturated heterocycles. The van der Waals surface area contributed by atoms with Gasteiger partial charge in [-0.25, -0.2) is 0 Å². The topological polar surface area (TPSA) is 49.4 Å². The van der Waals surface area contributed by atoms with Crippen LogP contribution >= 0.6 is 34.7 Å². The van der Waals surface area contributed by atoms with Crippen molar-refractivity contribution in [2.24, 2.45) is 5.92 Å². The number of para-hydroxylation sites is 1. The second-order valence-electron chi connectivity index (χ2n) is 8.20. The lowest BCUT2D eigenvalue weighted by Gasteiger charge is -2.36. The zero-order valence-electron chi connectivity index (χ0n) is 16.5. The van der Waals surface area contributed by atoms with E-state index in [9.17, 15) is 9.59 Å². The number of halogens is 1. The minimum absolute atomic E-state index is 0.0428. The molecule has 1 amide bonds. The quantitative estimate of drug-likeness (QED) is 0.537. The highest BCUT2D eigenvalue weighted by Crippen LogP contribution is 2.61. The van der Waals surface area contributed by atoms with E-state index in [4.69, 9.17) is 11.6 Å². The number of carbonyl (C=O) groups is 2. The summed E-state index contributed by atoms with van der Waals surface area (Å²) < 4.78 is 0. The van der Waals surface area contributed by atoms with Gasteiger partial charge in [-0.2, -0.15) is 0 Å². The van der Waals surface area contributed by atoms with Gasteiger partial charge in [0.25, 0.3) is 0 Å². The fourth-order valence-electron chi connectivity index (χ4n) is 5.66. The Morgan fingerprint density at radius 1 is 1.10 bits per heavy atom. The Bertz CT molecular complexity index is 1180. The first kappa shape index (κ1) is 19.6. The van der Waals surface area contributed by atoms with E-state index in [0.29, 0.717) is 9.90 Å². The number of benzene rings is 2. The summed E-state index contributed by atoms with van der Waals surface area (Å²) in [6.07, 6.45) is 0. The number of nitrogens with zero attached hydrogens (tertiary/aromatic N) is 1. The minimum atomic E-state index is -1.00. The summed E-state index contributed by atoms with van der Waals surface area (Å²) in [6.45, 7) is 0. The van der Waals surface area contributed by atoms with Gasteiger partial charge in [0.2, 0.25) is 5.91 Å². The van der Waals surface area contributed by atoms with Crippen LogP contribution in [-0.4, -0.2) is 34.3 Å². The minimum Gasteiger partial charge on any atom is -0.324 e. The molecule has 156 valence electrons. The van der Waals surface area contributed by atoms with Crippen molar-refractivity contribution in [3.05, 3.63) is 87.1 Å². The van der Waals surface area contributed by atoms with Crippen molar-refractivity contribution in [3.8, 4) is 0 Å². The first-order chi connectivity index (χ1) is 15.1. The number of fused-ring (bicyclic) bond motifs is 4. The number of hydrogen-bond acceptors (Lipinski definition) is 5. The van der Waals surface area contributed by atoms with Crippen LogP contribution in [0.3, 0.4) is 0 Å². The van der Waals surface area contributed by atoms with Gasteiger partial charge in [-0.05, 0) is 35.2 Å². The highest BCUT2D eigenvalue weighted by atomic mass is 35.5. The molecule has 3 aliphatic rings. The number of thiophene rings is 1. The van der Waals surface area contributed by atoms with Crippen LogP contribution in [0.4, 0.5) is 5.69 Å². The molecule has 31 heavy (non-hydrogen) atoms. The lowest BCUT2D eigenvalue weighted by molar-refractivity contribution is -0.127. The number of anilines is 1. The standard InChI is InChI=1S/C24H19ClN2O2S2/c25-15-9-7-14(8-10-15)20-18-12-30-13-27(18)24(21(20)22(28)19-6-3-11-31-19)16-4-1-2-5-17(16)26-23(24)29/h1-11,18,20-21H,12-13H2,(H,26,29)/t18-,20-,21-,24+/m0/s1. The molecule has 2 aromatic carbocycles. The van der Waals surface area contributed by atoms with Gasteiger partial charge in [-0.3, -0.25) is 14.5 Å². The normalized spacial score (nSPS) is 29.2. The summed E-state index contributed by atoms with van der Waals surface area (Å²) in [5, 5.41) is 5.68. The summed E-state index contributed by atoms with van der Waals surface area (Å²) >= 11 is 9.45. The zero-order valence-corrected chi connectivity index (χ0v) is 18.8. The summed E-state index contributed by atoms with van der Waals surface area (Å²) in [6, 6.07) is 19.5. The van der Waals surface area contributed by atoms with Crippen molar-refractivity contribution in [1.29, 1.82) is 0 Å². The van der Waals surface area contributed by atoms with Crippen LogP contribution in [0.25, 0.3) is 0 Å². The van der Waals surface area contributed by atoms with Gasteiger partial charge in [-0.15, -0.1) is 23.1 Å². The molecule has 4 atom stereocenters. The maximum atomic E-state index is 14.1. The molecule has 1 aromatic heterocycles. The molecule has 1 spiro atoms. The third-order valence-corrected chi connectivity index (χ3v) is 9.00. The fraction of sp³-hybridized carbons (Fsp3) is 0.250. The third kappa shape index (κ3) is 2.65. The monoisotopic (exact) mass is 466 g/mol. The van der Waals surface area contributed by atoms with Gasteiger partial charge >= 0.3 is 0 Å². The van der Waals surface area contributed by atoms with E-state index in [0.717, 1.165) is 28.4 Å². The van der Waals surface area contributed by atoms with Crippen LogP contribution in [0.5, 0.6) is 0 Å². The Morgan fingerprint density at radius 3 is 2.68 bits per heavy atom. The molecule has 4 nitrogen and oxygen atoms in total. The molecule has 6 rings (SSSR count). The van der Waals surface area contributed by atoms with Crippen LogP contribution in [0, 0.1) is 5.92 Å². The number of Topliss-reactive ketones (excluding diaryl/α,β-unsaturated/α-hetero) is 1. The Hall–Kier alpha value is -2.12. The largest absolute Gasteiger partial charge is 0.324 e. The Balaban J connectivity index is 1.62. The maximum Gasteiger partial charge on any atom is 0.250 e. The number of ketones is 1. The summed E-state index contributed by atoms with van der Waals surface area (Å²) in [4.78, 5) is 30.8. The summed E-state index contributed by atoms with van der Waals surface area (Å²) in [7, 11) is 0. The van der Waals surface area contributed by atoms with Gasteiger partial charge in [0.05, 0.1) is 10.8 Å². The molecule has 0 bridgehead atoms. The van der Waals surface area contributed by atoms with Crippen molar-refractivity contribution < 1.29 is 9.59 Å². The first-order valence-electron chi connectivity index (χ1n) is 10.2. The molecule has 7 heteroatoms. The van der Waals surface area contributed by atoms with Gasteiger partial charge in [0, 0.05) is 39.9 Å². The molecule has 0 aliphatic carbocycles. The molecule has 0 unspecified atom stereocenters. The van der Waals surface area contributed by atoms with Crippen LogP contribution < -0.4 is 5.32 Å². The van der Waals surface area contributed by atoms with Crippen LogP contribution in [0.1, 0.15) is 26.7 Å². The van der Waals surface area contributed by atoms with E-state index < -0.39 is 11.5 Å². The summed E-state index contributed by atoms with van der Waals surface area (Å²) in [5.74, 6) is 0.957. The average molecular weight is 467 g/mol. The molecule has 4 heterocycles. The maximum absolute atomic E-state index is 14.1.